The molecule has 0 aromatic heterocycles. The second-order valence-corrected chi connectivity index (χ2v) is 5.37. The van der Waals surface area contributed by atoms with Gasteiger partial charge in [0.1, 0.15) is 5.75 Å². The average Bonchev–Trinajstić information content (AvgIpc) is 2.49. The minimum atomic E-state index is -0.354. The van der Waals surface area contributed by atoms with Crippen molar-refractivity contribution in [1.29, 1.82) is 0 Å². The Morgan fingerprint density at radius 2 is 2.10 bits per heavy atom. The molecule has 0 spiro atoms. The molecule has 0 radical (unpaired) electrons. The van der Waals surface area contributed by atoms with Crippen molar-refractivity contribution >= 4 is 11.6 Å². The fraction of sp³-hybridized carbons (Fsp3) is 0.562. The molecule has 5 nitrogen and oxygen atoms in total. The largest absolute Gasteiger partial charge is 0.491 e. The van der Waals surface area contributed by atoms with Gasteiger partial charge < -0.3 is 20.5 Å². The lowest BCUT2D eigenvalue weighted by Gasteiger charge is -2.32. The predicted molar refractivity (Wildman–Crippen MR) is 82.4 cm³/mol. The molecule has 1 aromatic rings. The fourth-order valence-electron chi connectivity index (χ4n) is 2.72. The molecule has 1 fully saturated rings. The van der Waals surface area contributed by atoms with Gasteiger partial charge in [0.15, 0.2) is 0 Å². The van der Waals surface area contributed by atoms with E-state index in [2.05, 4.69) is 5.32 Å². The van der Waals surface area contributed by atoms with Crippen LogP contribution < -0.4 is 15.8 Å². The lowest BCUT2D eigenvalue weighted by molar-refractivity contribution is -0.118. The maximum absolute atomic E-state index is 10.8. The monoisotopic (exact) mass is 292 g/mol. The number of para-hydroxylation sites is 2. The highest BCUT2D eigenvalue weighted by Gasteiger charge is 2.25. The van der Waals surface area contributed by atoms with Crippen LogP contribution in [0.3, 0.4) is 0 Å². The molecule has 0 saturated heterocycles. The molecular formula is C16H24N2O3. The Labute approximate surface area is 125 Å². The van der Waals surface area contributed by atoms with E-state index in [0.29, 0.717) is 12.6 Å². The topological polar surface area (TPSA) is 73.6 Å². The summed E-state index contributed by atoms with van der Waals surface area (Å²) >= 11 is 0. The van der Waals surface area contributed by atoms with Gasteiger partial charge in [-0.3, -0.25) is 4.79 Å². The third kappa shape index (κ3) is 4.63. The number of nitrogens with one attached hydrogen (secondary N) is 1. The van der Waals surface area contributed by atoms with Gasteiger partial charge in [0.05, 0.1) is 30.9 Å². The third-order valence-electron chi connectivity index (χ3n) is 3.84. The van der Waals surface area contributed by atoms with E-state index in [1.54, 1.807) is 7.11 Å². The van der Waals surface area contributed by atoms with E-state index in [1.807, 2.05) is 24.3 Å². The number of primary amides is 1. The van der Waals surface area contributed by atoms with Gasteiger partial charge in [-0.25, -0.2) is 0 Å². The highest BCUT2D eigenvalue weighted by Crippen LogP contribution is 2.29. The van der Waals surface area contributed by atoms with Crippen molar-refractivity contribution in [3.8, 4) is 5.75 Å². The summed E-state index contributed by atoms with van der Waals surface area (Å²) in [5, 5.41) is 3.52. The molecule has 1 saturated carbocycles. The van der Waals surface area contributed by atoms with Gasteiger partial charge in [-0.15, -0.1) is 0 Å². The Balaban J connectivity index is 1.99. The zero-order valence-electron chi connectivity index (χ0n) is 12.5. The number of rotatable bonds is 7. The fourth-order valence-corrected chi connectivity index (χ4v) is 2.72. The van der Waals surface area contributed by atoms with Crippen LogP contribution in [0.25, 0.3) is 0 Å². The second kappa shape index (κ2) is 7.88. The van der Waals surface area contributed by atoms with Crippen molar-refractivity contribution in [3.63, 3.8) is 0 Å². The van der Waals surface area contributed by atoms with Crippen LogP contribution in [0.15, 0.2) is 24.3 Å². The zero-order chi connectivity index (χ0) is 15.1. The van der Waals surface area contributed by atoms with Crippen LogP contribution in [-0.2, 0) is 9.53 Å². The van der Waals surface area contributed by atoms with Gasteiger partial charge in [-0.1, -0.05) is 25.0 Å². The molecule has 2 rings (SSSR count). The Kier molecular flexibility index (Phi) is 5.87. The molecule has 21 heavy (non-hydrogen) atoms. The summed E-state index contributed by atoms with van der Waals surface area (Å²) < 4.78 is 11.2. The Bertz CT molecular complexity index is 465. The summed E-state index contributed by atoms with van der Waals surface area (Å²) in [6.07, 6.45) is 5.05. The maximum atomic E-state index is 10.8. The van der Waals surface area contributed by atoms with Crippen LogP contribution in [0.1, 0.15) is 32.1 Å². The molecule has 1 aromatic carbocycles. The van der Waals surface area contributed by atoms with Gasteiger partial charge in [0.2, 0.25) is 5.91 Å². The van der Waals surface area contributed by atoms with E-state index >= 15 is 0 Å². The molecule has 116 valence electrons. The highest BCUT2D eigenvalue weighted by atomic mass is 16.5. The van der Waals surface area contributed by atoms with Crippen molar-refractivity contribution in [3.05, 3.63) is 24.3 Å². The predicted octanol–water partition coefficient (Wildman–Crippen LogP) is 2.31. The summed E-state index contributed by atoms with van der Waals surface area (Å²) in [6.45, 7) is 0.298. The molecule has 2 unspecified atom stereocenters. The van der Waals surface area contributed by atoms with Gasteiger partial charge in [-0.05, 0) is 25.0 Å². The third-order valence-corrected chi connectivity index (χ3v) is 3.84. The van der Waals surface area contributed by atoms with E-state index in [4.69, 9.17) is 15.2 Å². The summed E-state index contributed by atoms with van der Waals surface area (Å²) in [4.78, 5) is 10.8. The van der Waals surface area contributed by atoms with Crippen LogP contribution in [0.5, 0.6) is 5.75 Å². The van der Waals surface area contributed by atoms with Crippen molar-refractivity contribution in [2.75, 3.05) is 19.0 Å². The molecular weight excluding hydrogens is 268 g/mol. The molecule has 1 aliphatic rings. The average molecular weight is 292 g/mol. The van der Waals surface area contributed by atoms with Crippen molar-refractivity contribution in [2.24, 2.45) is 5.73 Å². The first-order chi connectivity index (χ1) is 10.2. The number of methoxy groups -OCH3 is 1. The first kappa shape index (κ1) is 15.6. The number of amides is 1. The van der Waals surface area contributed by atoms with E-state index < -0.39 is 0 Å². The SMILES string of the molecule is COC1CCCCC1Nc1ccccc1OCCC(N)=O. The number of carbonyl (C=O) groups excluding carboxylic acids is 1. The molecule has 5 heteroatoms. The highest BCUT2D eigenvalue weighted by molar-refractivity contribution is 5.73. The molecule has 0 heterocycles. The normalized spacial score (nSPS) is 21.8. The first-order valence-corrected chi connectivity index (χ1v) is 7.50. The summed E-state index contributed by atoms with van der Waals surface area (Å²) in [6, 6.07) is 8.06. The first-order valence-electron chi connectivity index (χ1n) is 7.50. The summed E-state index contributed by atoms with van der Waals surface area (Å²) in [5.74, 6) is 0.395. The van der Waals surface area contributed by atoms with Crippen LogP contribution in [-0.4, -0.2) is 31.8 Å². The smallest absolute Gasteiger partial charge is 0.220 e. The van der Waals surface area contributed by atoms with Crippen molar-refractivity contribution < 1.29 is 14.3 Å². The van der Waals surface area contributed by atoms with E-state index in [-0.39, 0.29) is 18.4 Å². The minimum absolute atomic E-state index is 0.221. The van der Waals surface area contributed by atoms with E-state index in [9.17, 15) is 4.79 Å². The van der Waals surface area contributed by atoms with Gasteiger partial charge in [0, 0.05) is 7.11 Å². The lowest BCUT2D eigenvalue weighted by Crippen LogP contribution is -2.37. The summed E-state index contributed by atoms with van der Waals surface area (Å²) in [7, 11) is 1.76. The molecule has 1 amide bonds. The molecule has 0 bridgehead atoms. The Morgan fingerprint density at radius 3 is 2.86 bits per heavy atom. The minimum Gasteiger partial charge on any atom is -0.491 e. The molecule has 0 aliphatic heterocycles. The number of benzene rings is 1. The van der Waals surface area contributed by atoms with Gasteiger partial charge in [-0.2, -0.15) is 0 Å². The number of carbonyl (C=O) groups is 1. The number of anilines is 1. The van der Waals surface area contributed by atoms with Crippen LogP contribution in [0, 0.1) is 0 Å². The number of nitrogens with two attached hydrogens (primary N) is 1. The van der Waals surface area contributed by atoms with Crippen LogP contribution in [0.2, 0.25) is 0 Å². The molecule has 2 atom stereocenters. The zero-order valence-corrected chi connectivity index (χ0v) is 12.5. The van der Waals surface area contributed by atoms with Crippen molar-refractivity contribution in [1.82, 2.24) is 0 Å². The number of hydrogen-bond donors (Lipinski definition) is 2. The lowest BCUT2D eigenvalue weighted by atomic mass is 9.92. The second-order valence-electron chi connectivity index (χ2n) is 5.37. The van der Waals surface area contributed by atoms with Crippen molar-refractivity contribution in [2.45, 2.75) is 44.2 Å². The standard InChI is InChI=1S/C16H24N2O3/c1-20-14-8-4-2-6-12(14)18-13-7-3-5-9-15(13)21-11-10-16(17)19/h3,5,7,9,12,14,18H,2,4,6,8,10-11H2,1H3,(H2,17,19). The quantitative estimate of drug-likeness (QED) is 0.809. The van der Waals surface area contributed by atoms with E-state index in [0.717, 1.165) is 24.3 Å². The van der Waals surface area contributed by atoms with Gasteiger partial charge in [0.25, 0.3) is 0 Å². The summed E-state index contributed by atoms with van der Waals surface area (Å²) in [5.41, 5.74) is 6.07. The van der Waals surface area contributed by atoms with E-state index in [1.165, 1.54) is 12.8 Å². The molecule has 3 N–H and O–H groups in total. The Hall–Kier alpha value is -1.75. The van der Waals surface area contributed by atoms with Crippen LogP contribution >= 0.6 is 0 Å². The number of ether oxygens (including phenoxy) is 2. The van der Waals surface area contributed by atoms with Crippen LogP contribution in [0.4, 0.5) is 5.69 Å². The van der Waals surface area contributed by atoms with Gasteiger partial charge >= 0.3 is 0 Å². The maximum Gasteiger partial charge on any atom is 0.220 e. The Morgan fingerprint density at radius 1 is 1.33 bits per heavy atom. The number of hydrogen-bond acceptors (Lipinski definition) is 4. The molecule has 1 aliphatic carbocycles.